The van der Waals surface area contributed by atoms with Crippen LogP contribution in [-0.4, -0.2) is 172 Å². The molecule has 3 atom stereocenters. The summed E-state index contributed by atoms with van der Waals surface area (Å²) in [6.45, 7) is 0.711. The molecule has 0 aromatic heterocycles. The molecule has 0 aromatic rings. The third-order valence-electron chi connectivity index (χ3n) is 12.4. The topological polar surface area (TPSA) is 367 Å². The Hall–Kier alpha value is -8.19. The first-order chi connectivity index (χ1) is 36.3. The fourth-order valence-electron chi connectivity index (χ4n) is 8.21. The Bertz CT molecular complexity index is 2310. The highest BCUT2D eigenvalue weighted by atomic mass is 16.2. The first-order valence-corrected chi connectivity index (χ1v) is 25.5. The highest BCUT2D eigenvalue weighted by molar-refractivity contribution is 6.14. The number of imide groups is 4. The van der Waals surface area contributed by atoms with E-state index in [9.17, 15) is 71.9 Å². The number of nitrogens with zero attached hydrogens (tertiary/aromatic N) is 4. The molecule has 0 aromatic carbocycles. The van der Waals surface area contributed by atoms with Crippen molar-refractivity contribution in [2.45, 2.75) is 127 Å². The molecule has 0 fully saturated rings. The fourth-order valence-corrected chi connectivity index (χ4v) is 8.21. The van der Waals surface area contributed by atoms with E-state index in [1.165, 1.54) is 0 Å². The third-order valence-corrected chi connectivity index (χ3v) is 12.4. The molecule has 4 aliphatic heterocycles. The number of carbonyl (C=O) groups is 15. The lowest BCUT2D eigenvalue weighted by Gasteiger charge is -2.22. The van der Waals surface area contributed by atoms with Gasteiger partial charge < -0.3 is 37.6 Å². The third kappa shape index (κ3) is 20.6. The summed E-state index contributed by atoms with van der Waals surface area (Å²) >= 11 is 0. The lowest BCUT2D eigenvalue weighted by atomic mass is 10.0. The average molecular weight is 1060 g/mol. The van der Waals surface area contributed by atoms with Gasteiger partial charge in [-0.3, -0.25) is 91.5 Å². The molecular formula is C50H67N11O15. The van der Waals surface area contributed by atoms with Crippen LogP contribution >= 0.6 is 0 Å². The van der Waals surface area contributed by atoms with Crippen molar-refractivity contribution >= 4 is 88.6 Å². The van der Waals surface area contributed by atoms with Gasteiger partial charge in [0.1, 0.15) is 18.1 Å². The van der Waals surface area contributed by atoms with E-state index in [0.717, 1.165) is 68.2 Å². The summed E-state index contributed by atoms with van der Waals surface area (Å²) in [6.07, 6.45) is 12.2. The van der Waals surface area contributed by atoms with Crippen LogP contribution in [0.15, 0.2) is 48.6 Å². The molecule has 26 nitrogen and oxygen atoms in total. The standard InChI is InChI=1S/C50H67N11O15/c51-48(74)33(57-50(76)35(56-39(65)17-10-32-61-46(72)24-25-47(61)73)13-3-5-27-53-37(63)15-8-30-59-42(68)20-21-43(59)69)11-1-6-28-54-49(75)34(55-38(64)16-9-31-60-44(70)22-23-45(60)71)12-2-4-26-52-36(62)14-7-29-58-40(66)18-19-41(58)67/h18-25,33-35H,1-17,26-32H2,(H2,51,74)(H,52,62)(H,53,63)(H,54,75)(H,55,64)(H,56,65)(H,57,76)/t33-,34-,35-/m0/s1. The summed E-state index contributed by atoms with van der Waals surface area (Å²) < 4.78 is 0. The van der Waals surface area contributed by atoms with Gasteiger partial charge in [-0.05, 0) is 83.5 Å². The predicted molar refractivity (Wildman–Crippen MR) is 266 cm³/mol. The molecular weight excluding hydrogens is 995 g/mol. The molecule has 15 amide bonds. The van der Waals surface area contributed by atoms with E-state index in [-0.39, 0.29) is 135 Å². The van der Waals surface area contributed by atoms with E-state index < -0.39 is 94.9 Å². The Balaban J connectivity index is 1.23. The van der Waals surface area contributed by atoms with Crippen molar-refractivity contribution in [3.05, 3.63) is 48.6 Å². The molecule has 76 heavy (non-hydrogen) atoms. The van der Waals surface area contributed by atoms with Crippen molar-refractivity contribution < 1.29 is 71.9 Å². The van der Waals surface area contributed by atoms with Gasteiger partial charge in [-0.15, -0.1) is 0 Å². The summed E-state index contributed by atoms with van der Waals surface area (Å²) in [7, 11) is 0. The van der Waals surface area contributed by atoms with Gasteiger partial charge in [0.05, 0.1) is 0 Å². The lowest BCUT2D eigenvalue weighted by Crippen LogP contribution is -2.53. The molecule has 26 heteroatoms. The van der Waals surface area contributed by atoms with Crippen molar-refractivity contribution in [2.24, 2.45) is 5.73 Å². The van der Waals surface area contributed by atoms with Gasteiger partial charge in [-0.2, -0.15) is 0 Å². The van der Waals surface area contributed by atoms with Crippen LogP contribution in [0.2, 0.25) is 0 Å². The number of hydrogen-bond acceptors (Lipinski definition) is 15. The highest BCUT2D eigenvalue weighted by Crippen LogP contribution is 2.12. The largest absolute Gasteiger partial charge is 0.368 e. The first-order valence-electron chi connectivity index (χ1n) is 25.5. The zero-order valence-electron chi connectivity index (χ0n) is 42.3. The molecule has 4 rings (SSSR count). The van der Waals surface area contributed by atoms with Crippen molar-refractivity contribution in [2.75, 3.05) is 45.8 Å². The second-order valence-electron chi connectivity index (χ2n) is 18.2. The summed E-state index contributed by atoms with van der Waals surface area (Å²) in [5.74, 6) is -7.55. The van der Waals surface area contributed by atoms with Gasteiger partial charge >= 0.3 is 0 Å². The van der Waals surface area contributed by atoms with Crippen LogP contribution in [0.5, 0.6) is 0 Å². The maximum atomic E-state index is 13.6. The molecule has 0 aliphatic carbocycles. The normalized spacial score (nSPS) is 16.0. The van der Waals surface area contributed by atoms with Gasteiger partial charge in [0, 0.05) is 120 Å². The molecule has 412 valence electrons. The number of amides is 15. The Morgan fingerprint density at radius 3 is 0.934 bits per heavy atom. The zero-order valence-corrected chi connectivity index (χ0v) is 42.3. The smallest absolute Gasteiger partial charge is 0.253 e. The van der Waals surface area contributed by atoms with E-state index in [0.29, 0.717) is 32.1 Å². The molecule has 4 heterocycles. The molecule has 0 saturated heterocycles. The minimum Gasteiger partial charge on any atom is -0.368 e. The van der Waals surface area contributed by atoms with Crippen LogP contribution in [0.1, 0.15) is 109 Å². The molecule has 0 radical (unpaired) electrons. The monoisotopic (exact) mass is 1060 g/mol. The van der Waals surface area contributed by atoms with Crippen molar-refractivity contribution in [1.29, 1.82) is 0 Å². The second-order valence-corrected chi connectivity index (χ2v) is 18.2. The molecule has 0 unspecified atom stereocenters. The van der Waals surface area contributed by atoms with Crippen LogP contribution in [0.3, 0.4) is 0 Å². The van der Waals surface area contributed by atoms with Crippen LogP contribution in [0, 0.1) is 0 Å². The predicted octanol–water partition coefficient (Wildman–Crippen LogP) is -2.39. The maximum Gasteiger partial charge on any atom is 0.253 e. The van der Waals surface area contributed by atoms with Gasteiger partial charge in [-0.1, -0.05) is 0 Å². The Morgan fingerprint density at radius 2 is 0.618 bits per heavy atom. The Morgan fingerprint density at radius 1 is 0.342 bits per heavy atom. The van der Waals surface area contributed by atoms with Crippen molar-refractivity contribution in [1.82, 2.24) is 51.5 Å². The number of nitrogens with two attached hydrogens (primary N) is 1. The van der Waals surface area contributed by atoms with Gasteiger partial charge in [0.25, 0.3) is 47.3 Å². The number of unbranched alkanes of at least 4 members (excludes halogenated alkanes) is 3. The summed E-state index contributed by atoms with van der Waals surface area (Å²) in [4.78, 5) is 189. The quantitative estimate of drug-likeness (QED) is 0.0252. The molecule has 0 bridgehead atoms. The van der Waals surface area contributed by atoms with Crippen molar-refractivity contribution in [3.63, 3.8) is 0 Å². The van der Waals surface area contributed by atoms with Crippen LogP contribution < -0.4 is 37.6 Å². The zero-order chi connectivity index (χ0) is 55.6. The summed E-state index contributed by atoms with van der Waals surface area (Å²) in [6, 6.07) is -3.34. The van der Waals surface area contributed by atoms with Gasteiger partial charge in [-0.25, -0.2) is 0 Å². The van der Waals surface area contributed by atoms with Crippen molar-refractivity contribution in [3.8, 4) is 0 Å². The number of rotatable bonds is 37. The van der Waals surface area contributed by atoms with E-state index in [2.05, 4.69) is 31.9 Å². The van der Waals surface area contributed by atoms with E-state index in [1.807, 2.05) is 0 Å². The lowest BCUT2D eigenvalue weighted by molar-refractivity contribution is -0.138. The van der Waals surface area contributed by atoms with E-state index in [1.54, 1.807) is 0 Å². The average Bonchev–Trinajstić information content (AvgIpc) is 4.09. The maximum absolute atomic E-state index is 13.6. The van der Waals surface area contributed by atoms with E-state index in [4.69, 9.17) is 5.73 Å². The number of carbonyl (C=O) groups excluding carboxylic acids is 15. The molecule has 0 spiro atoms. The Labute approximate surface area is 438 Å². The van der Waals surface area contributed by atoms with Gasteiger partial charge in [0.15, 0.2) is 0 Å². The molecule has 4 aliphatic rings. The second kappa shape index (κ2) is 31.5. The fraction of sp³-hybridized carbons (Fsp3) is 0.540. The van der Waals surface area contributed by atoms with Gasteiger partial charge in [0.2, 0.25) is 41.4 Å². The number of hydrogen-bond donors (Lipinski definition) is 7. The molecule has 8 N–H and O–H groups in total. The first kappa shape index (κ1) is 60.4. The Kier molecular flexibility index (Phi) is 25.0. The SMILES string of the molecule is NC(=O)[C@H](CCCCNC(=O)[C@H](CCCCNC(=O)CCCN1C(=O)C=CC1=O)NC(=O)CCCN1C(=O)C=CC1=O)NC(=O)[C@H](CCCCNC(=O)CCCN1C(=O)C=CC1=O)NC(=O)CCCN1C(=O)C=CC1=O. The summed E-state index contributed by atoms with van der Waals surface area (Å²) in [5, 5.41) is 16.2. The van der Waals surface area contributed by atoms with Crippen LogP contribution in [0.25, 0.3) is 0 Å². The molecule has 0 saturated carbocycles. The minimum absolute atomic E-state index is 0.00179. The number of nitrogens with one attached hydrogen (secondary N) is 6. The number of primary amides is 1. The minimum atomic E-state index is -1.19. The highest BCUT2D eigenvalue weighted by Gasteiger charge is 2.29. The van der Waals surface area contributed by atoms with Crippen LogP contribution in [-0.2, 0) is 71.9 Å². The summed E-state index contributed by atoms with van der Waals surface area (Å²) in [5.41, 5.74) is 5.67. The van der Waals surface area contributed by atoms with Crippen LogP contribution in [0.4, 0.5) is 0 Å². The van der Waals surface area contributed by atoms with E-state index >= 15 is 0 Å².